The number of aromatic nitrogens is 1. The van der Waals surface area contributed by atoms with Gasteiger partial charge < -0.3 is 19.7 Å². The highest BCUT2D eigenvalue weighted by Crippen LogP contribution is 2.29. The molecule has 0 radical (unpaired) electrons. The van der Waals surface area contributed by atoms with Crippen LogP contribution in [0, 0.1) is 0 Å². The van der Waals surface area contributed by atoms with Crippen molar-refractivity contribution in [1.82, 2.24) is 10.3 Å². The minimum atomic E-state index is 0.471. The van der Waals surface area contributed by atoms with Gasteiger partial charge >= 0.3 is 0 Å². The molecule has 1 saturated heterocycles. The standard InChI is InChI=1S/C15H27N3O2S/c1-11(2)16-9-14-13(10-19-4)17-15(21-14)18(3)12-5-7-20-8-6-12/h11-12,16H,5-10H2,1-4H3. The highest BCUT2D eigenvalue weighted by molar-refractivity contribution is 7.15. The van der Waals surface area contributed by atoms with Gasteiger partial charge in [0, 0.05) is 50.9 Å². The van der Waals surface area contributed by atoms with Crippen LogP contribution in [0.1, 0.15) is 37.3 Å². The van der Waals surface area contributed by atoms with E-state index >= 15 is 0 Å². The van der Waals surface area contributed by atoms with Gasteiger partial charge in [-0.1, -0.05) is 13.8 Å². The van der Waals surface area contributed by atoms with Crippen molar-refractivity contribution < 1.29 is 9.47 Å². The van der Waals surface area contributed by atoms with Crippen molar-refractivity contribution >= 4 is 16.5 Å². The van der Waals surface area contributed by atoms with Crippen molar-refractivity contribution in [2.24, 2.45) is 0 Å². The molecule has 0 aromatic carbocycles. The average Bonchev–Trinajstić information content (AvgIpc) is 2.89. The monoisotopic (exact) mass is 313 g/mol. The molecular formula is C15H27N3O2S. The lowest BCUT2D eigenvalue weighted by molar-refractivity contribution is 0.0854. The van der Waals surface area contributed by atoms with E-state index in [9.17, 15) is 0 Å². The van der Waals surface area contributed by atoms with Gasteiger partial charge in [-0.3, -0.25) is 0 Å². The first kappa shape index (κ1) is 16.7. The Labute approximate surface area is 131 Å². The summed E-state index contributed by atoms with van der Waals surface area (Å²) in [6.07, 6.45) is 2.16. The Morgan fingerprint density at radius 1 is 1.43 bits per heavy atom. The normalized spacial score (nSPS) is 16.6. The van der Waals surface area contributed by atoms with Crippen LogP contribution in [-0.4, -0.2) is 44.4 Å². The summed E-state index contributed by atoms with van der Waals surface area (Å²) in [7, 11) is 3.87. The maximum atomic E-state index is 5.44. The van der Waals surface area contributed by atoms with E-state index in [1.807, 2.05) is 0 Å². The van der Waals surface area contributed by atoms with Gasteiger partial charge in [-0.05, 0) is 12.8 Å². The number of methoxy groups -OCH3 is 1. The van der Waals surface area contributed by atoms with E-state index in [0.717, 1.165) is 43.4 Å². The molecule has 0 spiro atoms. The maximum absolute atomic E-state index is 5.44. The van der Waals surface area contributed by atoms with E-state index in [0.29, 0.717) is 18.7 Å². The van der Waals surface area contributed by atoms with E-state index in [1.165, 1.54) is 4.88 Å². The Hall–Kier alpha value is -0.690. The van der Waals surface area contributed by atoms with Gasteiger partial charge in [0.15, 0.2) is 5.13 Å². The maximum Gasteiger partial charge on any atom is 0.185 e. The number of anilines is 1. The lowest BCUT2D eigenvalue weighted by Gasteiger charge is -2.30. The smallest absolute Gasteiger partial charge is 0.185 e. The number of thiazole rings is 1. The third-order valence-electron chi connectivity index (χ3n) is 3.76. The molecular weight excluding hydrogens is 286 g/mol. The minimum Gasteiger partial charge on any atom is -0.381 e. The predicted molar refractivity (Wildman–Crippen MR) is 87.0 cm³/mol. The highest BCUT2D eigenvalue weighted by atomic mass is 32.1. The van der Waals surface area contributed by atoms with Crippen LogP contribution >= 0.6 is 11.3 Å². The number of hydrogen-bond acceptors (Lipinski definition) is 6. The fourth-order valence-corrected chi connectivity index (χ4v) is 3.48. The van der Waals surface area contributed by atoms with Crippen LogP contribution in [0.3, 0.4) is 0 Å². The second-order valence-corrected chi connectivity index (χ2v) is 6.85. The first-order valence-corrected chi connectivity index (χ1v) is 8.45. The Kier molecular flexibility index (Phi) is 6.41. The Bertz CT molecular complexity index is 431. The van der Waals surface area contributed by atoms with Crippen LogP contribution in [0.25, 0.3) is 0 Å². The third kappa shape index (κ3) is 4.64. The molecule has 120 valence electrons. The van der Waals surface area contributed by atoms with Crippen LogP contribution in [0.5, 0.6) is 0 Å². The fourth-order valence-electron chi connectivity index (χ4n) is 2.43. The molecule has 1 aromatic heterocycles. The van der Waals surface area contributed by atoms with Gasteiger partial charge in [-0.15, -0.1) is 11.3 Å². The molecule has 1 fully saturated rings. The molecule has 6 heteroatoms. The molecule has 5 nitrogen and oxygen atoms in total. The molecule has 0 amide bonds. The molecule has 2 heterocycles. The molecule has 0 atom stereocenters. The molecule has 0 aliphatic carbocycles. The van der Waals surface area contributed by atoms with Gasteiger partial charge in [0.1, 0.15) is 0 Å². The molecule has 2 rings (SSSR count). The highest BCUT2D eigenvalue weighted by Gasteiger charge is 2.22. The summed E-state index contributed by atoms with van der Waals surface area (Å²) in [5.74, 6) is 0. The first-order chi connectivity index (χ1) is 10.1. The van der Waals surface area contributed by atoms with Crippen molar-refractivity contribution in [3.8, 4) is 0 Å². The van der Waals surface area contributed by atoms with Gasteiger partial charge in [0.05, 0.1) is 12.3 Å². The van der Waals surface area contributed by atoms with Crippen molar-refractivity contribution in [3.63, 3.8) is 0 Å². The largest absolute Gasteiger partial charge is 0.381 e. The molecule has 21 heavy (non-hydrogen) atoms. The van der Waals surface area contributed by atoms with E-state index in [4.69, 9.17) is 14.5 Å². The minimum absolute atomic E-state index is 0.471. The van der Waals surface area contributed by atoms with E-state index in [1.54, 1.807) is 18.4 Å². The van der Waals surface area contributed by atoms with Crippen LogP contribution in [0.2, 0.25) is 0 Å². The Morgan fingerprint density at radius 2 is 2.14 bits per heavy atom. The predicted octanol–water partition coefficient (Wildman–Crippen LogP) is 2.40. The SMILES string of the molecule is COCc1nc(N(C)C2CCOCC2)sc1CNC(C)C. The first-order valence-electron chi connectivity index (χ1n) is 7.63. The lowest BCUT2D eigenvalue weighted by atomic mass is 10.1. The molecule has 0 bridgehead atoms. The van der Waals surface area contributed by atoms with Crippen molar-refractivity contribution in [1.29, 1.82) is 0 Å². The van der Waals surface area contributed by atoms with Crippen molar-refractivity contribution in [2.45, 2.75) is 51.9 Å². The zero-order valence-corrected chi connectivity index (χ0v) is 14.3. The average molecular weight is 313 g/mol. The summed E-state index contributed by atoms with van der Waals surface area (Å²) in [6, 6.07) is 1.00. The van der Waals surface area contributed by atoms with Gasteiger partial charge in [-0.2, -0.15) is 0 Å². The number of rotatable bonds is 7. The Balaban J connectivity index is 2.09. The summed E-state index contributed by atoms with van der Waals surface area (Å²) in [6.45, 7) is 7.46. The van der Waals surface area contributed by atoms with Crippen LogP contribution in [0.15, 0.2) is 0 Å². The third-order valence-corrected chi connectivity index (χ3v) is 4.95. The van der Waals surface area contributed by atoms with E-state index in [2.05, 4.69) is 31.1 Å². The number of hydrogen-bond donors (Lipinski definition) is 1. The van der Waals surface area contributed by atoms with Crippen LogP contribution in [0.4, 0.5) is 5.13 Å². The molecule has 0 unspecified atom stereocenters. The van der Waals surface area contributed by atoms with E-state index in [-0.39, 0.29) is 0 Å². The molecule has 1 N–H and O–H groups in total. The van der Waals surface area contributed by atoms with Crippen LogP contribution in [-0.2, 0) is 22.6 Å². The zero-order chi connectivity index (χ0) is 15.2. The van der Waals surface area contributed by atoms with Gasteiger partial charge in [0.25, 0.3) is 0 Å². The Morgan fingerprint density at radius 3 is 2.76 bits per heavy atom. The summed E-state index contributed by atoms with van der Waals surface area (Å²) in [5.41, 5.74) is 1.06. The lowest BCUT2D eigenvalue weighted by Crippen LogP contribution is -2.36. The number of ether oxygens (including phenoxy) is 2. The second kappa shape index (κ2) is 8.08. The topological polar surface area (TPSA) is 46.6 Å². The van der Waals surface area contributed by atoms with Crippen LogP contribution < -0.4 is 10.2 Å². The summed E-state index contributed by atoms with van der Waals surface area (Å²) < 4.78 is 10.7. The fraction of sp³-hybridized carbons (Fsp3) is 0.800. The molecule has 1 aliphatic rings. The van der Waals surface area contributed by atoms with Crippen molar-refractivity contribution in [2.75, 3.05) is 32.3 Å². The van der Waals surface area contributed by atoms with Gasteiger partial charge in [-0.25, -0.2) is 4.98 Å². The van der Waals surface area contributed by atoms with E-state index < -0.39 is 0 Å². The second-order valence-electron chi connectivity index (χ2n) is 5.79. The van der Waals surface area contributed by atoms with Crippen molar-refractivity contribution in [3.05, 3.63) is 10.6 Å². The molecule has 1 aromatic rings. The zero-order valence-electron chi connectivity index (χ0n) is 13.5. The molecule has 1 aliphatic heterocycles. The summed E-state index contributed by atoms with van der Waals surface area (Å²) in [4.78, 5) is 8.38. The molecule has 0 saturated carbocycles. The number of nitrogens with zero attached hydrogens (tertiary/aromatic N) is 2. The summed E-state index contributed by atoms with van der Waals surface area (Å²) >= 11 is 1.77. The van der Waals surface area contributed by atoms with Gasteiger partial charge in [0.2, 0.25) is 0 Å². The quantitative estimate of drug-likeness (QED) is 0.837. The number of nitrogens with one attached hydrogen (secondary N) is 1. The summed E-state index contributed by atoms with van der Waals surface area (Å²) in [5, 5.41) is 4.56.